The molecule has 0 radical (unpaired) electrons. The van der Waals surface area contributed by atoms with Gasteiger partial charge in [-0.1, -0.05) is 30.3 Å². The van der Waals surface area contributed by atoms with Gasteiger partial charge < -0.3 is 0 Å². The fraction of sp³-hybridized carbons (Fsp3) is 0.250. The van der Waals surface area contributed by atoms with Crippen LogP contribution in [0.1, 0.15) is 10.8 Å². The summed E-state index contributed by atoms with van der Waals surface area (Å²) in [6.45, 7) is 0. The Bertz CT molecular complexity index is 242. The monoisotopic (exact) mass is 192 g/mol. The molecule has 0 aromatic heterocycles. The lowest BCUT2D eigenvalue weighted by molar-refractivity contribution is -0.129. The van der Waals surface area contributed by atoms with E-state index in [0.29, 0.717) is 0 Å². The van der Waals surface area contributed by atoms with Crippen molar-refractivity contribution in [3.63, 3.8) is 0 Å². The van der Waals surface area contributed by atoms with Crippen molar-refractivity contribution < 1.29 is 13.2 Å². The maximum Gasteiger partial charge on any atom is 0.404 e. The Balaban J connectivity index is 2.86. The maximum absolute atomic E-state index is 12.1. The van der Waals surface area contributed by atoms with Gasteiger partial charge in [-0.2, -0.15) is 25.8 Å². The molecule has 0 saturated carbocycles. The Hall–Kier alpha value is -0.640. The molecule has 1 rings (SSSR count). The molecule has 1 aromatic rings. The van der Waals surface area contributed by atoms with Crippen molar-refractivity contribution in [3.8, 4) is 0 Å². The van der Waals surface area contributed by atoms with Crippen molar-refractivity contribution in [2.24, 2.45) is 0 Å². The minimum atomic E-state index is -4.27. The van der Waals surface area contributed by atoms with Gasteiger partial charge in [-0.25, -0.2) is 0 Å². The third-order valence-corrected chi connectivity index (χ3v) is 2.02. The van der Waals surface area contributed by atoms with Crippen LogP contribution in [0, 0.1) is 0 Å². The van der Waals surface area contributed by atoms with Crippen LogP contribution >= 0.6 is 12.6 Å². The number of benzene rings is 1. The first kappa shape index (κ1) is 9.45. The van der Waals surface area contributed by atoms with Crippen LogP contribution in [-0.4, -0.2) is 6.18 Å². The molecule has 12 heavy (non-hydrogen) atoms. The number of hydrogen-bond acceptors (Lipinski definition) is 1. The summed E-state index contributed by atoms with van der Waals surface area (Å²) in [5.41, 5.74) is 0.174. The third-order valence-electron chi connectivity index (χ3n) is 1.43. The lowest BCUT2D eigenvalue weighted by Gasteiger charge is -2.14. The van der Waals surface area contributed by atoms with Crippen LogP contribution < -0.4 is 0 Å². The molecule has 0 amide bonds. The largest absolute Gasteiger partial charge is 0.404 e. The van der Waals surface area contributed by atoms with Crippen molar-refractivity contribution in [1.29, 1.82) is 0 Å². The zero-order chi connectivity index (χ0) is 9.19. The van der Waals surface area contributed by atoms with E-state index in [1.807, 2.05) is 0 Å². The van der Waals surface area contributed by atoms with Crippen molar-refractivity contribution >= 4 is 12.6 Å². The van der Waals surface area contributed by atoms with Crippen LogP contribution in [0.25, 0.3) is 0 Å². The average Bonchev–Trinajstić information content (AvgIpc) is 2.03. The molecule has 0 nitrogen and oxygen atoms in total. The van der Waals surface area contributed by atoms with Crippen LogP contribution in [0.4, 0.5) is 13.2 Å². The summed E-state index contributed by atoms with van der Waals surface area (Å²) in [4.78, 5) is 0. The molecule has 4 heteroatoms. The number of alkyl halides is 3. The molecular weight excluding hydrogens is 185 g/mol. The molecule has 0 saturated heterocycles. The van der Waals surface area contributed by atoms with E-state index >= 15 is 0 Å². The smallest absolute Gasteiger partial charge is 0.169 e. The minimum absolute atomic E-state index is 0.174. The summed E-state index contributed by atoms with van der Waals surface area (Å²) in [5.74, 6) is 0. The number of thiol groups is 1. The molecule has 0 heterocycles. The molecule has 0 aliphatic carbocycles. The highest BCUT2D eigenvalue weighted by atomic mass is 32.1. The zero-order valence-corrected chi connectivity index (χ0v) is 6.94. The molecule has 0 aliphatic heterocycles. The normalized spacial score (nSPS) is 14.3. The van der Waals surface area contributed by atoms with Crippen LogP contribution in [0.3, 0.4) is 0 Å². The SMILES string of the molecule is FC(F)(F)C(S)c1ccccc1. The Labute approximate surface area is 73.8 Å². The van der Waals surface area contributed by atoms with E-state index in [1.165, 1.54) is 12.1 Å². The quantitative estimate of drug-likeness (QED) is 0.649. The topological polar surface area (TPSA) is 0 Å². The first-order valence-corrected chi connectivity index (χ1v) is 3.83. The van der Waals surface area contributed by atoms with Crippen molar-refractivity contribution in [3.05, 3.63) is 35.9 Å². The van der Waals surface area contributed by atoms with E-state index in [2.05, 4.69) is 12.6 Å². The maximum atomic E-state index is 12.1. The molecule has 66 valence electrons. The number of halogens is 3. The first-order valence-electron chi connectivity index (χ1n) is 3.31. The van der Waals surface area contributed by atoms with Crippen LogP contribution in [-0.2, 0) is 0 Å². The second-order valence-corrected chi connectivity index (χ2v) is 2.87. The van der Waals surface area contributed by atoms with Gasteiger partial charge in [0, 0.05) is 0 Å². The van der Waals surface area contributed by atoms with E-state index in [1.54, 1.807) is 18.2 Å². The van der Waals surface area contributed by atoms with Crippen LogP contribution in [0.15, 0.2) is 30.3 Å². The Morgan fingerprint density at radius 1 is 1.08 bits per heavy atom. The zero-order valence-electron chi connectivity index (χ0n) is 6.05. The lowest BCUT2D eigenvalue weighted by atomic mass is 10.1. The minimum Gasteiger partial charge on any atom is -0.169 e. The van der Waals surface area contributed by atoms with Gasteiger partial charge in [-0.05, 0) is 5.56 Å². The van der Waals surface area contributed by atoms with E-state index in [-0.39, 0.29) is 5.56 Å². The summed E-state index contributed by atoms with van der Waals surface area (Å²) in [6.07, 6.45) is -4.27. The van der Waals surface area contributed by atoms with E-state index < -0.39 is 11.4 Å². The highest BCUT2D eigenvalue weighted by Crippen LogP contribution is 2.37. The van der Waals surface area contributed by atoms with E-state index in [4.69, 9.17) is 0 Å². The second-order valence-electron chi connectivity index (χ2n) is 2.35. The molecule has 1 atom stereocenters. The van der Waals surface area contributed by atoms with Gasteiger partial charge in [0.1, 0.15) is 5.25 Å². The second kappa shape index (κ2) is 3.39. The third kappa shape index (κ3) is 2.17. The lowest BCUT2D eigenvalue weighted by Crippen LogP contribution is -2.15. The van der Waals surface area contributed by atoms with Gasteiger partial charge in [0.15, 0.2) is 0 Å². The summed E-state index contributed by atoms with van der Waals surface area (Å²) in [5, 5.41) is -1.68. The predicted octanol–water partition coefficient (Wildman–Crippen LogP) is 3.22. The van der Waals surface area contributed by atoms with Crippen LogP contribution in [0.5, 0.6) is 0 Å². The van der Waals surface area contributed by atoms with Crippen molar-refractivity contribution in [2.45, 2.75) is 11.4 Å². The van der Waals surface area contributed by atoms with Crippen molar-refractivity contribution in [2.75, 3.05) is 0 Å². The predicted molar refractivity (Wildman–Crippen MR) is 44.2 cm³/mol. The molecule has 0 N–H and O–H groups in total. The standard InChI is InChI=1S/C8H7F3S/c9-8(10,11)7(12)6-4-2-1-3-5-6/h1-5,7,12H. The molecule has 0 bridgehead atoms. The van der Waals surface area contributed by atoms with Crippen molar-refractivity contribution in [1.82, 2.24) is 0 Å². The summed E-state index contributed by atoms with van der Waals surface area (Å²) in [6, 6.07) is 7.60. The average molecular weight is 192 g/mol. The van der Waals surface area contributed by atoms with Gasteiger partial charge in [-0.3, -0.25) is 0 Å². The fourth-order valence-corrected chi connectivity index (χ4v) is 0.996. The fourth-order valence-electron chi connectivity index (χ4n) is 0.824. The molecule has 0 aliphatic rings. The van der Waals surface area contributed by atoms with Gasteiger partial charge in [0.05, 0.1) is 0 Å². The molecular formula is C8H7F3S. The van der Waals surface area contributed by atoms with Gasteiger partial charge in [0.2, 0.25) is 0 Å². The van der Waals surface area contributed by atoms with Gasteiger partial charge in [0.25, 0.3) is 0 Å². The Morgan fingerprint density at radius 3 is 2.00 bits per heavy atom. The van der Waals surface area contributed by atoms with E-state index in [0.717, 1.165) is 0 Å². The first-order chi connectivity index (χ1) is 5.52. The molecule has 0 spiro atoms. The Morgan fingerprint density at radius 2 is 1.58 bits per heavy atom. The highest BCUT2D eigenvalue weighted by Gasteiger charge is 2.37. The number of hydrogen-bond donors (Lipinski definition) is 1. The highest BCUT2D eigenvalue weighted by molar-refractivity contribution is 7.80. The number of rotatable bonds is 1. The summed E-state index contributed by atoms with van der Waals surface area (Å²) in [7, 11) is 0. The van der Waals surface area contributed by atoms with Gasteiger partial charge >= 0.3 is 6.18 Å². The van der Waals surface area contributed by atoms with E-state index in [9.17, 15) is 13.2 Å². The summed E-state index contributed by atoms with van der Waals surface area (Å²) < 4.78 is 36.2. The molecule has 1 aromatic carbocycles. The van der Waals surface area contributed by atoms with Crippen LogP contribution in [0.2, 0.25) is 0 Å². The molecule has 1 unspecified atom stereocenters. The van der Waals surface area contributed by atoms with Gasteiger partial charge in [-0.15, -0.1) is 0 Å². The summed E-state index contributed by atoms with van der Waals surface area (Å²) >= 11 is 3.48. The Kier molecular flexibility index (Phi) is 2.67. The molecule has 0 fully saturated rings.